The second kappa shape index (κ2) is 4.62. The number of thioether (sulfide) groups is 1. The van der Waals surface area contributed by atoms with Crippen LogP contribution in [0.5, 0.6) is 0 Å². The van der Waals surface area contributed by atoms with Gasteiger partial charge in [-0.1, -0.05) is 0 Å². The summed E-state index contributed by atoms with van der Waals surface area (Å²) in [6.45, 7) is 0. The molecule has 2 rings (SSSR count). The summed E-state index contributed by atoms with van der Waals surface area (Å²) in [6.07, 6.45) is 2.74. The first-order valence-corrected chi connectivity index (χ1v) is 6.34. The Hall–Kier alpha value is -1.41. The van der Waals surface area contributed by atoms with Gasteiger partial charge in [-0.15, -0.1) is 0 Å². The number of pyridine rings is 1. The van der Waals surface area contributed by atoms with Crippen LogP contribution in [0.3, 0.4) is 0 Å². The first-order chi connectivity index (χ1) is 7.72. The van der Waals surface area contributed by atoms with Gasteiger partial charge in [0.05, 0.1) is 11.3 Å². The molecule has 0 bridgehead atoms. The average Bonchev–Trinajstić information content (AvgIpc) is 2.81. The minimum Gasteiger partial charge on any atom is -0.396 e. The van der Waals surface area contributed by atoms with Crippen molar-refractivity contribution in [3.63, 3.8) is 0 Å². The molecule has 0 radical (unpaired) electrons. The molecule has 0 spiro atoms. The number of hydrogen-bond donors (Lipinski definition) is 1. The number of anilines is 2. The van der Waals surface area contributed by atoms with Gasteiger partial charge in [0.15, 0.2) is 5.82 Å². The summed E-state index contributed by atoms with van der Waals surface area (Å²) in [4.78, 5) is 6.38. The van der Waals surface area contributed by atoms with Crippen LogP contribution < -0.4 is 10.6 Å². The molecular formula is C11H14N4S. The van der Waals surface area contributed by atoms with E-state index < -0.39 is 0 Å². The maximum Gasteiger partial charge on any atom is 0.151 e. The van der Waals surface area contributed by atoms with Gasteiger partial charge in [-0.25, -0.2) is 4.98 Å². The minimum atomic E-state index is 0.507. The van der Waals surface area contributed by atoms with Crippen LogP contribution in [0.15, 0.2) is 12.3 Å². The Kier molecular flexibility index (Phi) is 3.20. The van der Waals surface area contributed by atoms with E-state index in [2.05, 4.69) is 9.88 Å². The Morgan fingerprint density at radius 1 is 1.69 bits per heavy atom. The first-order valence-electron chi connectivity index (χ1n) is 5.18. The number of nitrogen functional groups attached to an aromatic ring is 1. The Morgan fingerprint density at radius 2 is 2.50 bits per heavy atom. The highest BCUT2D eigenvalue weighted by Crippen LogP contribution is 2.28. The maximum atomic E-state index is 8.74. The van der Waals surface area contributed by atoms with E-state index in [1.54, 1.807) is 12.3 Å². The van der Waals surface area contributed by atoms with Crippen molar-refractivity contribution in [2.24, 2.45) is 0 Å². The van der Waals surface area contributed by atoms with Crippen LogP contribution in [-0.4, -0.2) is 29.6 Å². The van der Waals surface area contributed by atoms with Gasteiger partial charge in [0.2, 0.25) is 0 Å². The molecular weight excluding hydrogens is 220 g/mol. The molecule has 4 nitrogen and oxygen atoms in total. The molecule has 1 aromatic rings. The molecule has 1 saturated heterocycles. The predicted molar refractivity (Wildman–Crippen MR) is 67.5 cm³/mol. The quantitative estimate of drug-likeness (QED) is 0.839. The second-order valence-corrected chi connectivity index (χ2v) is 5.03. The molecule has 1 fully saturated rings. The molecule has 1 atom stereocenters. The molecule has 1 aromatic heterocycles. The number of rotatable bonds is 2. The van der Waals surface area contributed by atoms with Crippen molar-refractivity contribution < 1.29 is 0 Å². The van der Waals surface area contributed by atoms with E-state index in [4.69, 9.17) is 11.0 Å². The third-order valence-electron chi connectivity index (χ3n) is 2.81. The highest BCUT2D eigenvalue weighted by Gasteiger charge is 2.22. The van der Waals surface area contributed by atoms with E-state index in [0.29, 0.717) is 17.3 Å². The van der Waals surface area contributed by atoms with E-state index in [9.17, 15) is 0 Å². The largest absolute Gasteiger partial charge is 0.396 e. The molecule has 0 aromatic carbocycles. The van der Waals surface area contributed by atoms with Crippen LogP contribution in [0.1, 0.15) is 12.0 Å². The van der Waals surface area contributed by atoms with Gasteiger partial charge in [0.25, 0.3) is 0 Å². The molecule has 0 aliphatic carbocycles. The summed E-state index contributed by atoms with van der Waals surface area (Å²) in [7, 11) is 2.02. The molecule has 1 aliphatic heterocycles. The Balaban J connectivity index is 2.23. The molecule has 1 aliphatic rings. The fourth-order valence-electron chi connectivity index (χ4n) is 1.83. The van der Waals surface area contributed by atoms with Gasteiger partial charge < -0.3 is 10.6 Å². The van der Waals surface area contributed by atoms with Crippen LogP contribution in [0.4, 0.5) is 11.5 Å². The fourth-order valence-corrected chi connectivity index (χ4v) is 3.10. The van der Waals surface area contributed by atoms with E-state index in [1.807, 2.05) is 24.9 Å². The van der Waals surface area contributed by atoms with Crippen molar-refractivity contribution in [1.29, 1.82) is 5.26 Å². The monoisotopic (exact) mass is 234 g/mol. The summed E-state index contributed by atoms with van der Waals surface area (Å²) in [5, 5.41) is 8.74. The Bertz CT molecular complexity index is 420. The van der Waals surface area contributed by atoms with Gasteiger partial charge in [-0.05, 0) is 18.2 Å². The van der Waals surface area contributed by atoms with Crippen molar-refractivity contribution in [3.8, 4) is 6.07 Å². The second-order valence-electron chi connectivity index (χ2n) is 3.88. The molecule has 16 heavy (non-hydrogen) atoms. The lowest BCUT2D eigenvalue weighted by molar-refractivity contribution is 0.692. The van der Waals surface area contributed by atoms with Crippen LogP contribution in [-0.2, 0) is 0 Å². The highest BCUT2D eigenvalue weighted by molar-refractivity contribution is 7.99. The number of nitrogens with two attached hydrogens (primary N) is 1. The summed E-state index contributed by atoms with van der Waals surface area (Å²) < 4.78 is 0. The lowest BCUT2D eigenvalue weighted by Gasteiger charge is -2.25. The average molecular weight is 234 g/mol. The summed E-state index contributed by atoms with van der Waals surface area (Å²) in [6, 6.07) is 4.23. The fraction of sp³-hybridized carbons (Fsp3) is 0.455. The number of nitrogens with zero attached hydrogens (tertiary/aromatic N) is 3. The van der Waals surface area contributed by atoms with Gasteiger partial charge >= 0.3 is 0 Å². The van der Waals surface area contributed by atoms with Crippen molar-refractivity contribution in [2.75, 3.05) is 29.2 Å². The van der Waals surface area contributed by atoms with Crippen LogP contribution in [0.2, 0.25) is 0 Å². The minimum absolute atomic E-state index is 0.507. The highest BCUT2D eigenvalue weighted by atomic mass is 32.2. The normalized spacial score (nSPS) is 19.4. The van der Waals surface area contributed by atoms with Crippen molar-refractivity contribution in [1.82, 2.24) is 4.98 Å². The molecule has 0 amide bonds. The lowest BCUT2D eigenvalue weighted by atomic mass is 10.2. The molecule has 0 saturated carbocycles. The number of hydrogen-bond acceptors (Lipinski definition) is 5. The topological polar surface area (TPSA) is 65.9 Å². The Labute approximate surface area is 99.5 Å². The third kappa shape index (κ3) is 2.07. The maximum absolute atomic E-state index is 8.74. The van der Waals surface area contributed by atoms with Crippen LogP contribution in [0, 0.1) is 11.3 Å². The van der Waals surface area contributed by atoms with Crippen LogP contribution in [0.25, 0.3) is 0 Å². The van der Waals surface area contributed by atoms with E-state index in [-0.39, 0.29) is 0 Å². The summed E-state index contributed by atoms with van der Waals surface area (Å²) in [5.74, 6) is 3.11. The van der Waals surface area contributed by atoms with Crippen molar-refractivity contribution in [2.45, 2.75) is 12.5 Å². The zero-order chi connectivity index (χ0) is 11.5. The SMILES string of the molecule is CN(c1ncc(C#N)cc1N)C1CCSC1. The summed E-state index contributed by atoms with van der Waals surface area (Å²) >= 11 is 1.96. The van der Waals surface area contributed by atoms with Gasteiger partial charge in [-0.3, -0.25) is 0 Å². The zero-order valence-electron chi connectivity index (χ0n) is 9.18. The van der Waals surface area contributed by atoms with Gasteiger partial charge in [0, 0.05) is 25.0 Å². The van der Waals surface area contributed by atoms with E-state index >= 15 is 0 Å². The van der Waals surface area contributed by atoms with Crippen molar-refractivity contribution >= 4 is 23.3 Å². The standard InChI is InChI=1S/C11H14N4S/c1-15(9-2-3-16-7-9)11-10(13)4-8(5-12)6-14-11/h4,6,9H,2-3,7,13H2,1H3. The zero-order valence-corrected chi connectivity index (χ0v) is 10.00. The van der Waals surface area contributed by atoms with E-state index in [1.165, 1.54) is 12.2 Å². The first kappa shape index (κ1) is 11.1. The Morgan fingerprint density at radius 3 is 3.06 bits per heavy atom. The van der Waals surface area contributed by atoms with Crippen LogP contribution >= 0.6 is 11.8 Å². The molecule has 84 valence electrons. The predicted octanol–water partition coefficient (Wildman–Crippen LogP) is 1.48. The molecule has 1 unspecified atom stereocenters. The summed E-state index contributed by atoms with van der Waals surface area (Å²) in [5.41, 5.74) is 6.99. The number of nitriles is 1. The molecule has 2 N–H and O–H groups in total. The number of aromatic nitrogens is 1. The smallest absolute Gasteiger partial charge is 0.151 e. The third-order valence-corrected chi connectivity index (χ3v) is 3.96. The molecule has 2 heterocycles. The van der Waals surface area contributed by atoms with E-state index in [0.717, 1.165) is 11.6 Å². The molecule has 5 heteroatoms. The van der Waals surface area contributed by atoms with Crippen molar-refractivity contribution in [3.05, 3.63) is 17.8 Å². The van der Waals surface area contributed by atoms with Gasteiger partial charge in [0.1, 0.15) is 6.07 Å². The van der Waals surface area contributed by atoms with Gasteiger partial charge in [-0.2, -0.15) is 17.0 Å². The lowest BCUT2D eigenvalue weighted by Crippen LogP contribution is -2.32.